The maximum absolute atomic E-state index is 9.18. The lowest BCUT2D eigenvalue weighted by Gasteiger charge is -2.30. The third-order valence-electron chi connectivity index (χ3n) is 2.30. The maximum Gasteiger partial charge on any atom is 0.106 e. The van der Waals surface area contributed by atoms with Crippen LogP contribution >= 0.6 is 0 Å². The van der Waals surface area contributed by atoms with Crippen LogP contribution in [-0.2, 0) is 9.47 Å². The van der Waals surface area contributed by atoms with Crippen molar-refractivity contribution < 1.29 is 14.6 Å². The first-order valence-electron chi connectivity index (χ1n) is 4.79. The van der Waals surface area contributed by atoms with E-state index >= 15 is 0 Å². The topological polar surface area (TPSA) is 38.7 Å². The predicted molar refractivity (Wildman–Crippen MR) is 52.0 cm³/mol. The SMILES string of the molecule is OCC(OC1COC1)c1ccccc1. The maximum atomic E-state index is 9.18. The molecule has 1 atom stereocenters. The van der Waals surface area contributed by atoms with Crippen LogP contribution in [0.15, 0.2) is 30.3 Å². The standard InChI is InChI=1S/C11H14O3/c12-6-11(14-10-7-13-8-10)9-4-2-1-3-5-9/h1-5,10-12H,6-8H2. The van der Waals surface area contributed by atoms with E-state index in [0.717, 1.165) is 5.56 Å². The fourth-order valence-corrected chi connectivity index (χ4v) is 1.42. The van der Waals surface area contributed by atoms with E-state index in [1.807, 2.05) is 30.3 Å². The van der Waals surface area contributed by atoms with Gasteiger partial charge < -0.3 is 14.6 Å². The van der Waals surface area contributed by atoms with Gasteiger partial charge in [-0.15, -0.1) is 0 Å². The highest BCUT2D eigenvalue weighted by atomic mass is 16.6. The molecule has 3 nitrogen and oxygen atoms in total. The Morgan fingerprint density at radius 1 is 1.36 bits per heavy atom. The molecular formula is C11H14O3. The van der Waals surface area contributed by atoms with E-state index in [1.165, 1.54) is 0 Å². The lowest BCUT2D eigenvalue weighted by atomic mass is 10.1. The Morgan fingerprint density at radius 2 is 2.07 bits per heavy atom. The number of hydrogen-bond donors (Lipinski definition) is 1. The molecule has 0 radical (unpaired) electrons. The molecule has 1 aliphatic heterocycles. The molecule has 0 aromatic heterocycles. The average molecular weight is 194 g/mol. The molecule has 0 spiro atoms. The van der Waals surface area contributed by atoms with Crippen molar-refractivity contribution in [2.75, 3.05) is 19.8 Å². The molecule has 0 amide bonds. The van der Waals surface area contributed by atoms with E-state index in [0.29, 0.717) is 13.2 Å². The van der Waals surface area contributed by atoms with Gasteiger partial charge >= 0.3 is 0 Å². The lowest BCUT2D eigenvalue weighted by Crippen LogP contribution is -2.37. The Kier molecular flexibility index (Phi) is 3.14. The number of aliphatic hydroxyl groups is 1. The van der Waals surface area contributed by atoms with Crippen molar-refractivity contribution in [3.8, 4) is 0 Å². The van der Waals surface area contributed by atoms with Crippen LogP contribution in [-0.4, -0.2) is 31.0 Å². The second kappa shape index (κ2) is 4.55. The summed E-state index contributed by atoms with van der Waals surface area (Å²) in [4.78, 5) is 0. The van der Waals surface area contributed by atoms with Gasteiger partial charge in [-0.3, -0.25) is 0 Å². The molecular weight excluding hydrogens is 180 g/mol. The van der Waals surface area contributed by atoms with Crippen molar-refractivity contribution in [2.45, 2.75) is 12.2 Å². The molecule has 0 saturated carbocycles. The first kappa shape index (κ1) is 9.65. The zero-order valence-corrected chi connectivity index (χ0v) is 7.93. The van der Waals surface area contributed by atoms with E-state index < -0.39 is 0 Å². The number of aliphatic hydroxyl groups excluding tert-OH is 1. The Bertz CT molecular complexity index is 269. The third kappa shape index (κ3) is 2.12. The van der Waals surface area contributed by atoms with Crippen molar-refractivity contribution in [3.05, 3.63) is 35.9 Å². The van der Waals surface area contributed by atoms with Crippen molar-refractivity contribution >= 4 is 0 Å². The largest absolute Gasteiger partial charge is 0.393 e. The number of ether oxygens (including phenoxy) is 2. The Labute approximate surface area is 83.3 Å². The lowest BCUT2D eigenvalue weighted by molar-refractivity contribution is -0.163. The second-order valence-corrected chi connectivity index (χ2v) is 3.38. The zero-order valence-electron chi connectivity index (χ0n) is 7.93. The zero-order chi connectivity index (χ0) is 9.80. The molecule has 0 bridgehead atoms. The molecule has 1 N–H and O–H groups in total. The number of hydrogen-bond acceptors (Lipinski definition) is 3. The van der Waals surface area contributed by atoms with E-state index in [1.54, 1.807) is 0 Å². The minimum absolute atomic E-state index is 0.0144. The van der Waals surface area contributed by atoms with E-state index in [4.69, 9.17) is 9.47 Å². The van der Waals surface area contributed by atoms with Crippen LogP contribution in [0.3, 0.4) is 0 Å². The summed E-state index contributed by atoms with van der Waals surface area (Å²) in [6.45, 7) is 1.30. The summed E-state index contributed by atoms with van der Waals surface area (Å²) in [6, 6.07) is 9.75. The molecule has 2 rings (SSSR count). The van der Waals surface area contributed by atoms with Crippen molar-refractivity contribution in [2.24, 2.45) is 0 Å². The van der Waals surface area contributed by atoms with E-state index in [2.05, 4.69) is 0 Å². The molecule has 3 heteroatoms. The van der Waals surface area contributed by atoms with Gasteiger partial charge in [-0.05, 0) is 5.56 Å². The molecule has 1 unspecified atom stereocenters. The quantitative estimate of drug-likeness (QED) is 0.781. The first-order chi connectivity index (χ1) is 6.90. The van der Waals surface area contributed by atoms with Gasteiger partial charge in [-0.2, -0.15) is 0 Å². The molecule has 1 fully saturated rings. The fourth-order valence-electron chi connectivity index (χ4n) is 1.42. The van der Waals surface area contributed by atoms with Crippen molar-refractivity contribution in [3.63, 3.8) is 0 Å². The molecule has 1 aromatic carbocycles. The van der Waals surface area contributed by atoms with Crippen molar-refractivity contribution in [1.29, 1.82) is 0 Å². The minimum atomic E-state index is -0.218. The highest BCUT2D eigenvalue weighted by Crippen LogP contribution is 2.20. The normalized spacial score (nSPS) is 18.9. The van der Waals surface area contributed by atoms with Gasteiger partial charge in [0.05, 0.1) is 19.8 Å². The second-order valence-electron chi connectivity index (χ2n) is 3.38. The van der Waals surface area contributed by atoms with Gasteiger partial charge in [0.2, 0.25) is 0 Å². The number of benzene rings is 1. The third-order valence-corrected chi connectivity index (χ3v) is 2.30. The predicted octanol–water partition coefficient (Wildman–Crippen LogP) is 1.14. The molecule has 76 valence electrons. The van der Waals surface area contributed by atoms with Crippen LogP contribution in [0.4, 0.5) is 0 Å². The van der Waals surface area contributed by atoms with Gasteiger partial charge in [-0.1, -0.05) is 30.3 Å². The Balaban J connectivity index is 1.98. The smallest absolute Gasteiger partial charge is 0.106 e. The van der Waals surface area contributed by atoms with Crippen LogP contribution in [0.5, 0.6) is 0 Å². The Hall–Kier alpha value is -0.900. The first-order valence-corrected chi connectivity index (χ1v) is 4.79. The van der Waals surface area contributed by atoms with Crippen LogP contribution < -0.4 is 0 Å². The van der Waals surface area contributed by atoms with Gasteiger partial charge in [0, 0.05) is 0 Å². The molecule has 1 aromatic rings. The summed E-state index contributed by atoms with van der Waals surface area (Å²) in [7, 11) is 0. The van der Waals surface area contributed by atoms with Crippen LogP contribution in [0.2, 0.25) is 0 Å². The van der Waals surface area contributed by atoms with Crippen molar-refractivity contribution in [1.82, 2.24) is 0 Å². The van der Waals surface area contributed by atoms with Gasteiger partial charge in [-0.25, -0.2) is 0 Å². The Morgan fingerprint density at radius 3 is 2.57 bits per heavy atom. The summed E-state index contributed by atoms with van der Waals surface area (Å²) >= 11 is 0. The average Bonchev–Trinajstić information content (AvgIpc) is 2.18. The monoisotopic (exact) mass is 194 g/mol. The van der Waals surface area contributed by atoms with Gasteiger partial charge in [0.25, 0.3) is 0 Å². The molecule has 1 aliphatic rings. The van der Waals surface area contributed by atoms with Gasteiger partial charge in [0.15, 0.2) is 0 Å². The highest BCUT2D eigenvalue weighted by molar-refractivity contribution is 5.17. The summed E-state index contributed by atoms with van der Waals surface area (Å²) in [5.41, 5.74) is 1.02. The summed E-state index contributed by atoms with van der Waals surface area (Å²) in [5.74, 6) is 0. The van der Waals surface area contributed by atoms with Gasteiger partial charge in [0.1, 0.15) is 12.2 Å². The summed E-state index contributed by atoms with van der Waals surface area (Å²) in [5, 5.41) is 9.18. The van der Waals surface area contributed by atoms with Crippen LogP contribution in [0, 0.1) is 0 Å². The van der Waals surface area contributed by atoms with Crippen LogP contribution in [0.1, 0.15) is 11.7 Å². The fraction of sp³-hybridized carbons (Fsp3) is 0.455. The highest BCUT2D eigenvalue weighted by Gasteiger charge is 2.23. The molecule has 14 heavy (non-hydrogen) atoms. The minimum Gasteiger partial charge on any atom is -0.393 e. The molecule has 0 aliphatic carbocycles. The summed E-state index contributed by atoms with van der Waals surface area (Å²) < 4.78 is 10.7. The number of rotatable bonds is 4. The van der Waals surface area contributed by atoms with E-state index in [-0.39, 0.29) is 18.8 Å². The van der Waals surface area contributed by atoms with E-state index in [9.17, 15) is 5.11 Å². The molecule has 1 heterocycles. The summed E-state index contributed by atoms with van der Waals surface area (Å²) in [6.07, 6.45) is -0.0718. The van der Waals surface area contributed by atoms with Crippen LogP contribution in [0.25, 0.3) is 0 Å². The molecule has 1 saturated heterocycles.